The average Bonchev–Trinajstić information content (AvgIpc) is 3.25. The summed E-state index contributed by atoms with van der Waals surface area (Å²) < 4.78 is 0. The number of benzene rings is 5. The molecule has 0 bridgehead atoms. The van der Waals surface area contributed by atoms with Crippen LogP contribution in [0.15, 0.2) is 163 Å². The molecule has 2 heterocycles. The zero-order valence-corrected chi connectivity index (χ0v) is 31.3. The first kappa shape index (κ1) is 33.4. The highest BCUT2D eigenvalue weighted by atomic mass is 14.9. The number of nitrogens with zero attached hydrogens (tertiary/aromatic N) is 3. The molecule has 0 saturated carbocycles. The number of aromatic nitrogens is 3. The lowest BCUT2D eigenvalue weighted by molar-refractivity contribution is 0.582. The predicted octanol–water partition coefficient (Wildman–Crippen LogP) is 11.6. The van der Waals surface area contributed by atoms with E-state index >= 15 is 0 Å². The van der Waals surface area contributed by atoms with E-state index in [1.54, 1.807) is 11.1 Å². The van der Waals surface area contributed by atoms with Gasteiger partial charge in [-0.2, -0.15) is 0 Å². The van der Waals surface area contributed by atoms with Crippen molar-refractivity contribution in [2.45, 2.75) is 51.4 Å². The van der Waals surface area contributed by atoms with Gasteiger partial charge in [-0.15, -0.1) is 0 Å². The summed E-state index contributed by atoms with van der Waals surface area (Å²) in [5.74, 6) is 1.73. The third-order valence-corrected chi connectivity index (χ3v) is 11.9. The fraction of sp³-hybridized carbons (Fsp3) is 0.173. The van der Waals surface area contributed by atoms with E-state index in [-0.39, 0.29) is 0 Å². The second-order valence-corrected chi connectivity index (χ2v) is 15.5. The standard InChI is InChI=1S/C52H43N3/c1-34-28-40-11-3-6-17-47(40)48(29-34)41-14-8-15-43(30-41)52-54-50(38-24-20-35(21-25-38)44-31-42-12-4-7-19-49(42)53-33-44)32-51(55-52)39-26-22-37(23-27-39)46-18-9-13-36-10-2-5-16-45(36)46/h2-4,6-8,10-12,14-15,17,19-28,30-34,46H,5,9,13,16,18,29H2,1H3. The highest BCUT2D eigenvalue weighted by Crippen LogP contribution is 2.42. The zero-order valence-electron chi connectivity index (χ0n) is 31.3. The predicted molar refractivity (Wildman–Crippen MR) is 228 cm³/mol. The molecule has 2 unspecified atom stereocenters. The fourth-order valence-corrected chi connectivity index (χ4v) is 9.07. The molecule has 7 aromatic rings. The molecule has 0 aliphatic heterocycles. The summed E-state index contributed by atoms with van der Waals surface area (Å²) in [6.07, 6.45) is 16.2. The minimum absolute atomic E-state index is 0.474. The van der Waals surface area contributed by atoms with E-state index in [4.69, 9.17) is 15.0 Å². The first-order valence-electron chi connectivity index (χ1n) is 19.9. The van der Waals surface area contributed by atoms with Gasteiger partial charge in [0.25, 0.3) is 0 Å². The van der Waals surface area contributed by atoms with Crippen LogP contribution < -0.4 is 10.4 Å². The van der Waals surface area contributed by atoms with Crippen LogP contribution in [-0.2, 0) is 0 Å². The van der Waals surface area contributed by atoms with E-state index in [0.29, 0.717) is 11.8 Å². The van der Waals surface area contributed by atoms with Gasteiger partial charge in [0.05, 0.1) is 16.9 Å². The number of allylic oxidation sites excluding steroid dienone is 4. The Labute approximate surface area is 323 Å². The minimum atomic E-state index is 0.474. The van der Waals surface area contributed by atoms with Gasteiger partial charge in [0.2, 0.25) is 0 Å². The Kier molecular flexibility index (Phi) is 8.64. The van der Waals surface area contributed by atoms with Crippen molar-refractivity contribution < 1.29 is 0 Å². The molecule has 0 saturated heterocycles. The van der Waals surface area contributed by atoms with Crippen molar-refractivity contribution in [3.63, 3.8) is 0 Å². The monoisotopic (exact) mass is 709 g/mol. The van der Waals surface area contributed by atoms with Gasteiger partial charge in [-0.05, 0) is 107 Å². The Morgan fingerprint density at radius 2 is 1.36 bits per heavy atom. The van der Waals surface area contributed by atoms with Gasteiger partial charge in [0.1, 0.15) is 0 Å². The van der Waals surface area contributed by atoms with Crippen LogP contribution in [0.25, 0.3) is 67.6 Å². The van der Waals surface area contributed by atoms with Crippen LogP contribution in [0.4, 0.5) is 0 Å². The van der Waals surface area contributed by atoms with Gasteiger partial charge in [-0.25, -0.2) is 9.97 Å². The van der Waals surface area contributed by atoms with Gasteiger partial charge in [-0.1, -0.05) is 140 Å². The molecule has 0 amide bonds. The van der Waals surface area contributed by atoms with Crippen LogP contribution in [0.2, 0.25) is 0 Å². The average molecular weight is 710 g/mol. The summed E-state index contributed by atoms with van der Waals surface area (Å²) in [5.41, 5.74) is 15.5. The molecular weight excluding hydrogens is 667 g/mol. The molecule has 10 rings (SSSR count). The number of pyridine rings is 1. The summed E-state index contributed by atoms with van der Waals surface area (Å²) in [6, 6.07) is 48.2. The summed E-state index contributed by atoms with van der Waals surface area (Å²) >= 11 is 0. The Hall–Kier alpha value is -6.19. The van der Waals surface area contributed by atoms with Crippen LogP contribution in [0.1, 0.15) is 62.5 Å². The number of hydrogen-bond acceptors (Lipinski definition) is 3. The molecule has 55 heavy (non-hydrogen) atoms. The van der Waals surface area contributed by atoms with Crippen LogP contribution in [0.5, 0.6) is 0 Å². The summed E-state index contributed by atoms with van der Waals surface area (Å²) in [4.78, 5) is 15.3. The number of hydrogen-bond donors (Lipinski definition) is 0. The third-order valence-electron chi connectivity index (χ3n) is 11.9. The molecule has 3 nitrogen and oxygen atoms in total. The molecule has 266 valence electrons. The molecule has 0 fully saturated rings. The lowest BCUT2D eigenvalue weighted by atomic mass is 9.75. The minimum Gasteiger partial charge on any atom is -0.256 e. The first-order chi connectivity index (χ1) is 27.1. The van der Waals surface area contributed by atoms with Gasteiger partial charge in [0, 0.05) is 39.8 Å². The normalized spacial score (nSPS) is 17.8. The Balaban J connectivity index is 1.05. The highest BCUT2D eigenvalue weighted by molar-refractivity contribution is 5.84. The maximum atomic E-state index is 5.29. The Morgan fingerprint density at radius 3 is 2.22 bits per heavy atom. The number of fused-ring (bicyclic) bond motifs is 2. The SMILES string of the molecule is CC1C=c2ccccc2=C(c2cccc(-c3nc(-c4ccc(-c5cnc6ccccc6c5)cc4)cc(-c4ccc(C5CCCC6=C5CCC=C6)cc4)n3)c2)C1. The van der Waals surface area contributed by atoms with E-state index in [0.717, 1.165) is 68.8 Å². The molecule has 3 aliphatic carbocycles. The lowest BCUT2D eigenvalue weighted by Gasteiger charge is -2.30. The van der Waals surface area contributed by atoms with Crippen molar-refractivity contribution in [3.05, 3.63) is 185 Å². The third kappa shape index (κ3) is 6.55. The highest BCUT2D eigenvalue weighted by Gasteiger charge is 2.25. The van der Waals surface area contributed by atoms with E-state index in [1.165, 1.54) is 52.8 Å². The van der Waals surface area contributed by atoms with Crippen molar-refractivity contribution in [1.82, 2.24) is 15.0 Å². The second kappa shape index (κ2) is 14.2. The molecule has 0 spiro atoms. The summed E-state index contributed by atoms with van der Waals surface area (Å²) in [6.45, 7) is 2.31. The van der Waals surface area contributed by atoms with Gasteiger partial charge in [0.15, 0.2) is 5.82 Å². The number of para-hydroxylation sites is 1. The topological polar surface area (TPSA) is 38.7 Å². The molecule has 3 heteroatoms. The van der Waals surface area contributed by atoms with E-state index in [2.05, 4.69) is 153 Å². The summed E-state index contributed by atoms with van der Waals surface area (Å²) in [5, 5.41) is 3.77. The first-order valence-corrected chi connectivity index (χ1v) is 19.9. The van der Waals surface area contributed by atoms with Crippen LogP contribution in [0.3, 0.4) is 0 Å². The van der Waals surface area contributed by atoms with Gasteiger partial charge >= 0.3 is 0 Å². The largest absolute Gasteiger partial charge is 0.256 e. The quantitative estimate of drug-likeness (QED) is 0.173. The fourth-order valence-electron chi connectivity index (χ4n) is 9.07. The molecular formula is C52H43N3. The molecule has 2 aromatic heterocycles. The second-order valence-electron chi connectivity index (χ2n) is 15.5. The Bertz CT molecular complexity index is 2770. The molecule has 3 aliphatic rings. The molecule has 0 radical (unpaired) electrons. The van der Waals surface area contributed by atoms with Crippen molar-refractivity contribution in [3.8, 4) is 45.0 Å². The maximum absolute atomic E-state index is 5.29. The van der Waals surface area contributed by atoms with Crippen molar-refractivity contribution in [2.24, 2.45) is 5.92 Å². The van der Waals surface area contributed by atoms with Gasteiger partial charge in [-0.3, -0.25) is 4.98 Å². The van der Waals surface area contributed by atoms with E-state index in [1.807, 2.05) is 12.3 Å². The van der Waals surface area contributed by atoms with E-state index in [9.17, 15) is 0 Å². The van der Waals surface area contributed by atoms with E-state index < -0.39 is 0 Å². The Morgan fingerprint density at radius 1 is 0.618 bits per heavy atom. The maximum Gasteiger partial charge on any atom is 0.160 e. The lowest BCUT2D eigenvalue weighted by Crippen LogP contribution is -2.31. The van der Waals surface area contributed by atoms with Crippen LogP contribution >= 0.6 is 0 Å². The summed E-state index contributed by atoms with van der Waals surface area (Å²) in [7, 11) is 0. The van der Waals surface area contributed by atoms with Crippen LogP contribution in [-0.4, -0.2) is 15.0 Å². The van der Waals surface area contributed by atoms with Crippen molar-refractivity contribution in [1.29, 1.82) is 0 Å². The smallest absolute Gasteiger partial charge is 0.160 e. The zero-order chi connectivity index (χ0) is 36.7. The van der Waals surface area contributed by atoms with Gasteiger partial charge < -0.3 is 0 Å². The van der Waals surface area contributed by atoms with Crippen LogP contribution in [0, 0.1) is 5.92 Å². The molecule has 2 atom stereocenters. The van der Waals surface area contributed by atoms with Crippen molar-refractivity contribution >= 4 is 22.6 Å². The van der Waals surface area contributed by atoms with Crippen molar-refractivity contribution in [2.75, 3.05) is 0 Å². The number of rotatable bonds is 6. The molecule has 5 aromatic carbocycles. The molecule has 0 N–H and O–H groups in total.